The molecule has 0 spiro atoms. The van der Waals surface area contributed by atoms with E-state index in [-0.39, 0.29) is 17.8 Å². The van der Waals surface area contributed by atoms with Crippen molar-refractivity contribution in [2.24, 2.45) is 0 Å². The summed E-state index contributed by atoms with van der Waals surface area (Å²) in [6.07, 6.45) is 0. The number of carbonyl (C=O) groups excluding carboxylic acids is 1. The summed E-state index contributed by atoms with van der Waals surface area (Å²) in [5.41, 5.74) is 1.90. The molecule has 0 saturated heterocycles. The Morgan fingerprint density at radius 1 is 1.00 bits per heavy atom. The summed E-state index contributed by atoms with van der Waals surface area (Å²) in [7, 11) is 0. The first kappa shape index (κ1) is 14.3. The van der Waals surface area contributed by atoms with Crippen LogP contribution in [0.3, 0.4) is 0 Å². The number of Topliss-reactive ketones (excluding diaryl/α,β-unsaturated/α-hetero) is 1. The largest absolute Gasteiger partial charge is 0.485 e. The van der Waals surface area contributed by atoms with Gasteiger partial charge in [0.15, 0.2) is 12.4 Å². The van der Waals surface area contributed by atoms with Gasteiger partial charge in [0, 0.05) is 5.56 Å². The van der Waals surface area contributed by atoms with E-state index in [1.807, 2.05) is 48.5 Å². The molecule has 0 aromatic heterocycles. The van der Waals surface area contributed by atoms with E-state index in [1.54, 1.807) is 0 Å². The van der Waals surface area contributed by atoms with Crippen LogP contribution in [0, 0.1) is 0 Å². The molecule has 0 amide bonds. The van der Waals surface area contributed by atoms with Crippen molar-refractivity contribution in [3.8, 4) is 5.75 Å². The molecule has 0 aliphatic rings. The zero-order chi connectivity index (χ0) is 14.6. The number of hydrogen-bond acceptors (Lipinski definition) is 2. The Labute approximate surface area is 120 Å². The number of ketones is 1. The first-order chi connectivity index (χ1) is 9.47. The molecule has 0 saturated carbocycles. The van der Waals surface area contributed by atoms with E-state index in [4.69, 9.17) is 4.74 Å². The standard InChI is InChI=1S/C18H20O2/c1-18(2,3)15-9-7-8-14(12-15)17(19)13-20-16-10-5-4-6-11-16/h4-12H,13H2,1-3H3. The van der Waals surface area contributed by atoms with Gasteiger partial charge in [0.1, 0.15) is 5.75 Å². The van der Waals surface area contributed by atoms with Crippen molar-refractivity contribution in [2.75, 3.05) is 6.61 Å². The van der Waals surface area contributed by atoms with Crippen LogP contribution in [0.4, 0.5) is 0 Å². The summed E-state index contributed by atoms with van der Waals surface area (Å²) in [5.74, 6) is 0.716. The zero-order valence-corrected chi connectivity index (χ0v) is 12.2. The highest BCUT2D eigenvalue weighted by atomic mass is 16.5. The SMILES string of the molecule is CC(C)(C)c1cccc(C(=O)COc2ccccc2)c1. The third-order valence-electron chi connectivity index (χ3n) is 3.16. The lowest BCUT2D eigenvalue weighted by molar-refractivity contribution is 0.0921. The molecule has 2 aromatic carbocycles. The van der Waals surface area contributed by atoms with Crippen LogP contribution in [0.25, 0.3) is 0 Å². The summed E-state index contributed by atoms with van der Waals surface area (Å²) >= 11 is 0. The Kier molecular flexibility index (Phi) is 4.23. The monoisotopic (exact) mass is 268 g/mol. The molecule has 0 radical (unpaired) electrons. The van der Waals surface area contributed by atoms with Crippen LogP contribution in [0.5, 0.6) is 5.75 Å². The van der Waals surface area contributed by atoms with Crippen LogP contribution in [0.2, 0.25) is 0 Å². The molecule has 20 heavy (non-hydrogen) atoms. The number of rotatable bonds is 4. The van der Waals surface area contributed by atoms with Crippen LogP contribution in [0.1, 0.15) is 36.7 Å². The van der Waals surface area contributed by atoms with Crippen LogP contribution < -0.4 is 4.74 Å². The molecule has 0 aliphatic heterocycles. The molecule has 2 heteroatoms. The molecule has 0 unspecified atom stereocenters. The number of hydrogen-bond donors (Lipinski definition) is 0. The summed E-state index contributed by atoms with van der Waals surface area (Å²) in [6, 6.07) is 17.2. The van der Waals surface area contributed by atoms with Crippen molar-refractivity contribution in [3.63, 3.8) is 0 Å². The second-order valence-electron chi connectivity index (χ2n) is 5.86. The summed E-state index contributed by atoms with van der Waals surface area (Å²) < 4.78 is 5.50. The van der Waals surface area contributed by atoms with Crippen LogP contribution in [-0.4, -0.2) is 12.4 Å². The second-order valence-corrected chi connectivity index (χ2v) is 5.86. The summed E-state index contributed by atoms with van der Waals surface area (Å²) in [6.45, 7) is 6.47. The quantitative estimate of drug-likeness (QED) is 0.775. The Bertz CT molecular complexity index is 580. The normalized spacial score (nSPS) is 11.2. The molecule has 2 nitrogen and oxygen atoms in total. The highest BCUT2D eigenvalue weighted by Gasteiger charge is 2.15. The maximum Gasteiger partial charge on any atom is 0.200 e. The fourth-order valence-electron chi connectivity index (χ4n) is 1.91. The lowest BCUT2D eigenvalue weighted by atomic mass is 9.86. The molecule has 0 atom stereocenters. The molecule has 0 fully saturated rings. The minimum atomic E-state index is -0.0000435. The van der Waals surface area contributed by atoms with Gasteiger partial charge in [-0.15, -0.1) is 0 Å². The van der Waals surface area contributed by atoms with E-state index in [1.165, 1.54) is 0 Å². The van der Waals surface area contributed by atoms with Crippen molar-refractivity contribution in [1.82, 2.24) is 0 Å². The maximum absolute atomic E-state index is 12.2. The van der Waals surface area contributed by atoms with Gasteiger partial charge in [-0.1, -0.05) is 57.2 Å². The lowest BCUT2D eigenvalue weighted by Gasteiger charge is -2.19. The van der Waals surface area contributed by atoms with Gasteiger partial charge in [0.05, 0.1) is 0 Å². The molecule has 0 bridgehead atoms. The predicted octanol–water partition coefficient (Wildman–Crippen LogP) is 4.25. The first-order valence-corrected chi connectivity index (χ1v) is 6.78. The van der Waals surface area contributed by atoms with Gasteiger partial charge in [-0.2, -0.15) is 0 Å². The molecule has 104 valence electrons. The fraction of sp³-hybridized carbons (Fsp3) is 0.278. The van der Waals surface area contributed by atoms with Gasteiger partial charge in [-0.05, 0) is 29.2 Å². The van der Waals surface area contributed by atoms with Gasteiger partial charge in [0.2, 0.25) is 0 Å². The highest BCUT2D eigenvalue weighted by Crippen LogP contribution is 2.23. The average molecular weight is 268 g/mol. The second kappa shape index (κ2) is 5.91. The minimum absolute atomic E-state index is 0.0000435. The number of benzene rings is 2. The minimum Gasteiger partial charge on any atom is -0.485 e. The Hall–Kier alpha value is -2.09. The lowest BCUT2D eigenvalue weighted by Crippen LogP contribution is -2.15. The van der Waals surface area contributed by atoms with Crippen molar-refractivity contribution in [1.29, 1.82) is 0 Å². The van der Waals surface area contributed by atoms with Gasteiger partial charge in [0.25, 0.3) is 0 Å². The first-order valence-electron chi connectivity index (χ1n) is 6.78. The van der Waals surface area contributed by atoms with Crippen molar-refractivity contribution >= 4 is 5.78 Å². The Balaban J connectivity index is 2.06. The van der Waals surface area contributed by atoms with E-state index >= 15 is 0 Å². The van der Waals surface area contributed by atoms with Gasteiger partial charge < -0.3 is 4.74 Å². The molecule has 2 aromatic rings. The summed E-state index contributed by atoms with van der Waals surface area (Å²) in [5, 5.41) is 0. The zero-order valence-electron chi connectivity index (χ0n) is 12.2. The molecular weight excluding hydrogens is 248 g/mol. The smallest absolute Gasteiger partial charge is 0.200 e. The van der Waals surface area contributed by atoms with Crippen molar-refractivity contribution in [3.05, 3.63) is 65.7 Å². The third kappa shape index (κ3) is 3.70. The van der Waals surface area contributed by atoms with Crippen LogP contribution in [0.15, 0.2) is 54.6 Å². The molecule has 0 heterocycles. The summed E-state index contributed by atoms with van der Waals surface area (Å²) in [4.78, 5) is 12.2. The topological polar surface area (TPSA) is 26.3 Å². The highest BCUT2D eigenvalue weighted by molar-refractivity contribution is 5.97. The molecule has 0 aliphatic carbocycles. The number of para-hydroxylation sites is 1. The van der Waals surface area contributed by atoms with Crippen molar-refractivity contribution < 1.29 is 9.53 Å². The van der Waals surface area contributed by atoms with Crippen LogP contribution in [-0.2, 0) is 5.41 Å². The number of carbonyl (C=O) groups is 1. The molecule has 2 rings (SSSR count). The maximum atomic E-state index is 12.2. The van der Waals surface area contributed by atoms with E-state index < -0.39 is 0 Å². The predicted molar refractivity (Wildman–Crippen MR) is 81.4 cm³/mol. The van der Waals surface area contributed by atoms with E-state index in [0.717, 1.165) is 5.56 Å². The molecular formula is C18H20O2. The van der Waals surface area contributed by atoms with E-state index in [0.29, 0.717) is 11.3 Å². The Morgan fingerprint density at radius 3 is 2.35 bits per heavy atom. The Morgan fingerprint density at radius 2 is 1.70 bits per heavy atom. The van der Waals surface area contributed by atoms with E-state index in [2.05, 4.69) is 26.8 Å². The average Bonchev–Trinajstić information content (AvgIpc) is 2.45. The molecule has 0 N–H and O–H groups in total. The van der Waals surface area contributed by atoms with Crippen LogP contribution >= 0.6 is 0 Å². The van der Waals surface area contributed by atoms with Gasteiger partial charge in [-0.3, -0.25) is 4.79 Å². The van der Waals surface area contributed by atoms with Gasteiger partial charge in [-0.25, -0.2) is 0 Å². The van der Waals surface area contributed by atoms with Crippen molar-refractivity contribution in [2.45, 2.75) is 26.2 Å². The van der Waals surface area contributed by atoms with Gasteiger partial charge >= 0.3 is 0 Å². The third-order valence-corrected chi connectivity index (χ3v) is 3.16. The van der Waals surface area contributed by atoms with E-state index in [9.17, 15) is 4.79 Å². The number of ether oxygens (including phenoxy) is 1. The fourth-order valence-corrected chi connectivity index (χ4v) is 1.91.